The van der Waals surface area contributed by atoms with E-state index in [-0.39, 0.29) is 17.5 Å². The molecule has 1 heterocycles. The van der Waals surface area contributed by atoms with Gasteiger partial charge in [0, 0.05) is 15.9 Å². The van der Waals surface area contributed by atoms with Crippen LogP contribution in [0.2, 0.25) is 0 Å². The standard InChI is InChI=1S/C18H20BrNO4/c1-10-5-3-4-6-14(10)20-17(21)13-8-11-7-12(19)9-15(23-2)16(11)24-18(13)22/h7-10,14H,3-6H2,1-2H3,(H,20,21)/t10-,14+/m1/s1. The van der Waals surface area contributed by atoms with Gasteiger partial charge in [0.05, 0.1) is 7.11 Å². The summed E-state index contributed by atoms with van der Waals surface area (Å²) >= 11 is 3.39. The number of carbonyl (C=O) groups excluding carboxylic acids is 1. The maximum atomic E-state index is 12.5. The molecule has 0 radical (unpaired) electrons. The van der Waals surface area contributed by atoms with Gasteiger partial charge in [-0.2, -0.15) is 0 Å². The number of fused-ring (bicyclic) bond motifs is 1. The second-order valence-corrected chi connectivity index (χ2v) is 7.23. The van der Waals surface area contributed by atoms with Crippen molar-refractivity contribution in [1.29, 1.82) is 0 Å². The Morgan fingerprint density at radius 3 is 2.75 bits per heavy atom. The van der Waals surface area contributed by atoms with Crippen molar-refractivity contribution in [2.75, 3.05) is 7.11 Å². The number of hydrogen-bond donors (Lipinski definition) is 1. The normalized spacial score (nSPS) is 20.8. The Bertz CT molecular complexity index is 830. The Balaban J connectivity index is 1.95. The van der Waals surface area contributed by atoms with Gasteiger partial charge in [-0.25, -0.2) is 4.79 Å². The van der Waals surface area contributed by atoms with Crippen LogP contribution in [0.1, 0.15) is 43.0 Å². The van der Waals surface area contributed by atoms with Crippen LogP contribution in [0, 0.1) is 5.92 Å². The van der Waals surface area contributed by atoms with Crippen molar-refractivity contribution in [3.05, 3.63) is 38.7 Å². The van der Waals surface area contributed by atoms with Gasteiger partial charge in [0.1, 0.15) is 5.56 Å². The maximum Gasteiger partial charge on any atom is 0.349 e. The lowest BCUT2D eigenvalue weighted by molar-refractivity contribution is 0.0906. The van der Waals surface area contributed by atoms with E-state index in [0.717, 1.165) is 23.7 Å². The van der Waals surface area contributed by atoms with Gasteiger partial charge in [-0.3, -0.25) is 4.79 Å². The number of benzene rings is 1. The number of amides is 1. The van der Waals surface area contributed by atoms with Crippen LogP contribution >= 0.6 is 15.9 Å². The SMILES string of the molecule is COc1cc(Br)cc2cc(C(=O)N[C@H]3CCCC[C@H]3C)c(=O)oc12. The first kappa shape index (κ1) is 17.0. The first-order chi connectivity index (χ1) is 11.5. The number of carbonyl (C=O) groups is 1. The molecule has 6 heteroatoms. The summed E-state index contributed by atoms with van der Waals surface area (Å²) in [6.07, 6.45) is 4.35. The summed E-state index contributed by atoms with van der Waals surface area (Å²) in [4.78, 5) is 24.8. The summed E-state index contributed by atoms with van der Waals surface area (Å²) in [6.45, 7) is 2.13. The van der Waals surface area contributed by atoms with Crippen LogP contribution in [-0.4, -0.2) is 19.1 Å². The molecule has 1 aliphatic rings. The van der Waals surface area contributed by atoms with E-state index in [9.17, 15) is 9.59 Å². The van der Waals surface area contributed by atoms with Gasteiger partial charge in [-0.05, 0) is 37.0 Å². The monoisotopic (exact) mass is 393 g/mol. The smallest absolute Gasteiger partial charge is 0.349 e. The van der Waals surface area contributed by atoms with Crippen molar-refractivity contribution < 1.29 is 13.9 Å². The molecule has 0 bridgehead atoms. The molecule has 128 valence electrons. The van der Waals surface area contributed by atoms with E-state index in [0.29, 0.717) is 22.6 Å². The molecule has 1 N–H and O–H groups in total. The van der Waals surface area contributed by atoms with Crippen LogP contribution in [0.4, 0.5) is 0 Å². The Kier molecular flexibility index (Phi) is 4.94. The number of methoxy groups -OCH3 is 1. The van der Waals surface area contributed by atoms with Gasteiger partial charge in [0.2, 0.25) is 0 Å². The molecule has 5 nitrogen and oxygen atoms in total. The minimum absolute atomic E-state index is 0.0282. The van der Waals surface area contributed by atoms with Gasteiger partial charge >= 0.3 is 5.63 Å². The van der Waals surface area contributed by atoms with Crippen molar-refractivity contribution in [3.63, 3.8) is 0 Å². The Labute approximate surface area is 148 Å². The highest BCUT2D eigenvalue weighted by Gasteiger charge is 2.25. The lowest BCUT2D eigenvalue weighted by atomic mass is 9.86. The summed E-state index contributed by atoms with van der Waals surface area (Å²) in [5.74, 6) is 0.497. The van der Waals surface area contributed by atoms with E-state index in [1.807, 2.05) is 0 Å². The molecule has 2 aromatic rings. The van der Waals surface area contributed by atoms with Crippen LogP contribution in [0.3, 0.4) is 0 Å². The Morgan fingerprint density at radius 2 is 2.04 bits per heavy atom. The molecule has 0 saturated heterocycles. The largest absolute Gasteiger partial charge is 0.493 e. The molecular weight excluding hydrogens is 374 g/mol. The molecule has 24 heavy (non-hydrogen) atoms. The van der Waals surface area contributed by atoms with Gasteiger partial charge in [0.25, 0.3) is 5.91 Å². The second-order valence-electron chi connectivity index (χ2n) is 6.32. The van der Waals surface area contributed by atoms with Crippen molar-refractivity contribution >= 4 is 32.8 Å². The summed E-state index contributed by atoms with van der Waals surface area (Å²) < 4.78 is 11.4. The Morgan fingerprint density at radius 1 is 1.29 bits per heavy atom. The number of rotatable bonds is 3. The molecule has 0 aliphatic heterocycles. The molecule has 1 aromatic carbocycles. The number of ether oxygens (including phenoxy) is 1. The summed E-state index contributed by atoms with van der Waals surface area (Å²) in [7, 11) is 1.51. The maximum absolute atomic E-state index is 12.5. The van der Waals surface area contributed by atoms with Crippen molar-refractivity contribution in [3.8, 4) is 5.75 Å². The van der Waals surface area contributed by atoms with Gasteiger partial charge in [-0.15, -0.1) is 0 Å². The van der Waals surface area contributed by atoms with E-state index >= 15 is 0 Å². The minimum Gasteiger partial charge on any atom is -0.493 e. The first-order valence-corrected chi connectivity index (χ1v) is 8.91. The third kappa shape index (κ3) is 3.34. The topological polar surface area (TPSA) is 68.5 Å². The zero-order valence-electron chi connectivity index (χ0n) is 13.7. The second kappa shape index (κ2) is 6.97. The van der Waals surface area contributed by atoms with E-state index in [2.05, 4.69) is 28.2 Å². The van der Waals surface area contributed by atoms with E-state index in [4.69, 9.17) is 9.15 Å². The fourth-order valence-corrected chi connectivity index (χ4v) is 3.71. The van der Waals surface area contributed by atoms with E-state index in [1.165, 1.54) is 13.5 Å². The molecule has 1 saturated carbocycles. The van der Waals surface area contributed by atoms with Crippen molar-refractivity contribution in [2.24, 2.45) is 5.92 Å². The summed E-state index contributed by atoms with van der Waals surface area (Å²) in [5.41, 5.74) is -0.280. The molecule has 0 unspecified atom stereocenters. The van der Waals surface area contributed by atoms with E-state index < -0.39 is 5.63 Å². The molecule has 1 aliphatic carbocycles. The average molecular weight is 394 g/mol. The highest BCUT2D eigenvalue weighted by Crippen LogP contribution is 2.30. The number of halogens is 1. The fourth-order valence-electron chi connectivity index (χ4n) is 3.25. The fraction of sp³-hybridized carbons (Fsp3) is 0.444. The zero-order valence-corrected chi connectivity index (χ0v) is 15.3. The average Bonchev–Trinajstić information content (AvgIpc) is 2.56. The molecule has 1 fully saturated rings. The van der Waals surface area contributed by atoms with Gasteiger partial charge in [-0.1, -0.05) is 35.7 Å². The highest BCUT2D eigenvalue weighted by atomic mass is 79.9. The lowest BCUT2D eigenvalue weighted by Crippen LogP contribution is -2.42. The van der Waals surface area contributed by atoms with Crippen LogP contribution in [0.5, 0.6) is 5.75 Å². The zero-order chi connectivity index (χ0) is 17.3. The van der Waals surface area contributed by atoms with Crippen molar-refractivity contribution in [1.82, 2.24) is 5.32 Å². The van der Waals surface area contributed by atoms with Crippen LogP contribution < -0.4 is 15.7 Å². The number of hydrogen-bond acceptors (Lipinski definition) is 4. The van der Waals surface area contributed by atoms with Crippen LogP contribution in [0.15, 0.2) is 31.9 Å². The molecule has 1 aromatic heterocycles. The van der Waals surface area contributed by atoms with Gasteiger partial charge < -0.3 is 14.5 Å². The predicted octanol–water partition coefficient (Wildman–Crippen LogP) is 3.87. The third-order valence-corrected chi connectivity index (χ3v) is 5.11. The Hall–Kier alpha value is -1.82. The summed E-state index contributed by atoms with van der Waals surface area (Å²) in [5, 5.41) is 3.63. The van der Waals surface area contributed by atoms with Crippen molar-refractivity contribution in [2.45, 2.75) is 38.6 Å². The number of nitrogens with one attached hydrogen (secondary N) is 1. The molecule has 2 atom stereocenters. The van der Waals surface area contributed by atoms with E-state index in [1.54, 1.807) is 18.2 Å². The van der Waals surface area contributed by atoms with Crippen LogP contribution in [0.25, 0.3) is 11.0 Å². The predicted molar refractivity (Wildman–Crippen MR) is 95.6 cm³/mol. The minimum atomic E-state index is -0.649. The molecule has 1 amide bonds. The molecule has 0 spiro atoms. The summed E-state index contributed by atoms with van der Waals surface area (Å²) in [6, 6.07) is 5.19. The van der Waals surface area contributed by atoms with Crippen LogP contribution in [-0.2, 0) is 0 Å². The molecule has 3 rings (SSSR count). The highest BCUT2D eigenvalue weighted by molar-refractivity contribution is 9.10. The first-order valence-electron chi connectivity index (χ1n) is 8.12. The van der Waals surface area contributed by atoms with Gasteiger partial charge in [0.15, 0.2) is 11.3 Å². The molecular formula is C18H20BrNO4. The lowest BCUT2D eigenvalue weighted by Gasteiger charge is -2.29. The quantitative estimate of drug-likeness (QED) is 0.803. The third-order valence-electron chi connectivity index (χ3n) is 4.66.